The lowest BCUT2D eigenvalue weighted by Crippen LogP contribution is -2.38. The quantitative estimate of drug-likeness (QED) is 0.678. The molecule has 0 bridgehead atoms. The van der Waals surface area contributed by atoms with Gasteiger partial charge in [-0.05, 0) is 30.5 Å². The molecular formula is C22H25N5. The molecule has 0 unspecified atom stereocenters. The number of rotatable bonds is 5. The number of aromatic nitrogens is 2. The number of anilines is 2. The molecule has 0 saturated carbocycles. The number of nitrogens with two attached hydrogens (primary N) is 1. The van der Waals surface area contributed by atoms with Crippen LogP contribution in [0.15, 0.2) is 67.0 Å². The smallest absolute Gasteiger partial charge is 0.130 e. The van der Waals surface area contributed by atoms with Crippen molar-refractivity contribution in [2.45, 2.75) is 25.4 Å². The zero-order valence-corrected chi connectivity index (χ0v) is 15.4. The van der Waals surface area contributed by atoms with Crippen molar-refractivity contribution in [3.63, 3.8) is 0 Å². The fraction of sp³-hybridized carbons (Fsp3) is 0.273. The van der Waals surface area contributed by atoms with Crippen LogP contribution in [0.5, 0.6) is 0 Å². The van der Waals surface area contributed by atoms with E-state index >= 15 is 0 Å². The van der Waals surface area contributed by atoms with Crippen molar-refractivity contribution >= 4 is 11.5 Å². The summed E-state index contributed by atoms with van der Waals surface area (Å²) in [5.41, 5.74) is 9.91. The standard InChI is InChI=1S/C22H25N5/c23-19-8-4-7-18(13-19)21-14-22(25-16-24-21)26-20-9-11-27(12-10-20)15-17-5-2-1-3-6-17/h1-8,13-14,16,20H,9-12,15,23H2,(H,24,25,26). The van der Waals surface area contributed by atoms with E-state index in [9.17, 15) is 0 Å². The minimum absolute atomic E-state index is 0.445. The number of hydrogen-bond donors (Lipinski definition) is 2. The molecule has 5 heteroatoms. The Bertz CT molecular complexity index is 873. The summed E-state index contributed by atoms with van der Waals surface area (Å²) in [5, 5.41) is 3.58. The van der Waals surface area contributed by atoms with Gasteiger partial charge in [0.15, 0.2) is 0 Å². The molecule has 0 atom stereocenters. The Balaban J connectivity index is 1.35. The van der Waals surface area contributed by atoms with Crippen LogP contribution in [-0.2, 0) is 6.54 Å². The fourth-order valence-corrected chi connectivity index (χ4v) is 3.58. The largest absolute Gasteiger partial charge is 0.399 e. The van der Waals surface area contributed by atoms with Crippen molar-refractivity contribution < 1.29 is 0 Å². The number of benzene rings is 2. The topological polar surface area (TPSA) is 67.1 Å². The van der Waals surface area contributed by atoms with Crippen LogP contribution in [0.3, 0.4) is 0 Å². The maximum Gasteiger partial charge on any atom is 0.130 e. The van der Waals surface area contributed by atoms with E-state index in [0.29, 0.717) is 6.04 Å². The van der Waals surface area contributed by atoms with Crippen molar-refractivity contribution in [2.24, 2.45) is 0 Å². The second-order valence-electron chi connectivity index (χ2n) is 7.09. The van der Waals surface area contributed by atoms with Crippen molar-refractivity contribution in [1.82, 2.24) is 14.9 Å². The third-order valence-corrected chi connectivity index (χ3v) is 5.04. The van der Waals surface area contributed by atoms with E-state index in [2.05, 4.69) is 50.5 Å². The van der Waals surface area contributed by atoms with Gasteiger partial charge >= 0.3 is 0 Å². The molecule has 27 heavy (non-hydrogen) atoms. The zero-order valence-electron chi connectivity index (χ0n) is 15.4. The van der Waals surface area contributed by atoms with Gasteiger partial charge in [0.1, 0.15) is 12.1 Å². The summed E-state index contributed by atoms with van der Waals surface area (Å²) in [6.07, 6.45) is 3.85. The van der Waals surface area contributed by atoms with Gasteiger partial charge in [-0.2, -0.15) is 0 Å². The predicted molar refractivity (Wildman–Crippen MR) is 110 cm³/mol. The third kappa shape index (κ3) is 4.63. The molecule has 1 aromatic heterocycles. The molecule has 0 radical (unpaired) electrons. The number of nitrogens with one attached hydrogen (secondary N) is 1. The molecule has 0 spiro atoms. The first-order valence-corrected chi connectivity index (χ1v) is 9.47. The highest BCUT2D eigenvalue weighted by Gasteiger charge is 2.19. The van der Waals surface area contributed by atoms with Crippen molar-refractivity contribution in [1.29, 1.82) is 0 Å². The maximum absolute atomic E-state index is 5.89. The molecule has 4 rings (SSSR count). The number of piperidine rings is 1. The first kappa shape index (κ1) is 17.5. The summed E-state index contributed by atoms with van der Waals surface area (Å²) in [6.45, 7) is 3.22. The molecule has 2 aromatic carbocycles. The van der Waals surface area contributed by atoms with E-state index in [1.807, 2.05) is 30.3 Å². The van der Waals surface area contributed by atoms with Crippen LogP contribution in [0.4, 0.5) is 11.5 Å². The predicted octanol–water partition coefficient (Wildman–Crippen LogP) is 3.80. The molecule has 138 valence electrons. The summed E-state index contributed by atoms with van der Waals surface area (Å²) in [4.78, 5) is 11.3. The van der Waals surface area contributed by atoms with Gasteiger partial charge in [-0.3, -0.25) is 4.90 Å². The van der Waals surface area contributed by atoms with Gasteiger partial charge in [0, 0.05) is 43.0 Å². The first-order chi connectivity index (χ1) is 13.3. The maximum atomic E-state index is 5.89. The van der Waals surface area contributed by atoms with E-state index in [1.165, 1.54) is 5.56 Å². The molecule has 3 N–H and O–H groups in total. The Morgan fingerprint density at radius 3 is 2.56 bits per heavy atom. The van der Waals surface area contributed by atoms with Gasteiger partial charge in [0.25, 0.3) is 0 Å². The average molecular weight is 359 g/mol. The van der Waals surface area contributed by atoms with E-state index in [0.717, 1.165) is 55.2 Å². The van der Waals surface area contributed by atoms with Crippen molar-refractivity contribution in [3.05, 3.63) is 72.6 Å². The lowest BCUT2D eigenvalue weighted by atomic mass is 10.0. The Labute approximate surface area is 160 Å². The first-order valence-electron chi connectivity index (χ1n) is 9.47. The summed E-state index contributed by atoms with van der Waals surface area (Å²) in [6, 6.07) is 20.9. The van der Waals surface area contributed by atoms with Crippen LogP contribution in [0, 0.1) is 0 Å². The Morgan fingerprint density at radius 2 is 1.78 bits per heavy atom. The summed E-state index contributed by atoms with van der Waals surface area (Å²) >= 11 is 0. The van der Waals surface area contributed by atoms with Gasteiger partial charge in [-0.25, -0.2) is 9.97 Å². The molecule has 0 amide bonds. The lowest BCUT2D eigenvalue weighted by Gasteiger charge is -2.32. The molecule has 2 heterocycles. The molecule has 1 aliphatic heterocycles. The molecule has 1 saturated heterocycles. The summed E-state index contributed by atoms with van der Waals surface area (Å²) < 4.78 is 0. The Morgan fingerprint density at radius 1 is 0.963 bits per heavy atom. The number of hydrogen-bond acceptors (Lipinski definition) is 5. The third-order valence-electron chi connectivity index (χ3n) is 5.04. The molecule has 0 aliphatic carbocycles. The van der Waals surface area contributed by atoms with Crippen LogP contribution in [0.2, 0.25) is 0 Å². The second-order valence-corrected chi connectivity index (χ2v) is 7.09. The molecule has 1 aliphatic rings. The Kier molecular flexibility index (Phi) is 5.30. The van der Waals surface area contributed by atoms with E-state index in [-0.39, 0.29) is 0 Å². The van der Waals surface area contributed by atoms with Gasteiger partial charge in [0.2, 0.25) is 0 Å². The zero-order chi connectivity index (χ0) is 18.5. The van der Waals surface area contributed by atoms with Gasteiger partial charge in [-0.1, -0.05) is 42.5 Å². The lowest BCUT2D eigenvalue weighted by molar-refractivity contribution is 0.211. The van der Waals surface area contributed by atoms with Crippen LogP contribution in [0.25, 0.3) is 11.3 Å². The number of likely N-dealkylation sites (tertiary alicyclic amines) is 1. The molecule has 5 nitrogen and oxygen atoms in total. The van der Waals surface area contributed by atoms with E-state index in [1.54, 1.807) is 6.33 Å². The second kappa shape index (κ2) is 8.18. The van der Waals surface area contributed by atoms with Crippen LogP contribution in [-0.4, -0.2) is 34.0 Å². The van der Waals surface area contributed by atoms with Crippen LogP contribution >= 0.6 is 0 Å². The van der Waals surface area contributed by atoms with E-state index < -0.39 is 0 Å². The van der Waals surface area contributed by atoms with Crippen molar-refractivity contribution in [2.75, 3.05) is 24.1 Å². The SMILES string of the molecule is Nc1cccc(-c2cc(NC3CCN(Cc4ccccc4)CC3)ncn2)c1. The highest BCUT2D eigenvalue weighted by Crippen LogP contribution is 2.22. The van der Waals surface area contributed by atoms with E-state index in [4.69, 9.17) is 5.73 Å². The minimum Gasteiger partial charge on any atom is -0.399 e. The highest BCUT2D eigenvalue weighted by molar-refractivity contribution is 5.66. The fourth-order valence-electron chi connectivity index (χ4n) is 3.58. The number of nitrogen functional groups attached to an aromatic ring is 1. The van der Waals surface area contributed by atoms with Gasteiger partial charge < -0.3 is 11.1 Å². The number of nitrogens with zero attached hydrogens (tertiary/aromatic N) is 3. The highest BCUT2D eigenvalue weighted by atomic mass is 15.1. The summed E-state index contributed by atoms with van der Waals surface area (Å²) in [5.74, 6) is 0.879. The Hall–Kier alpha value is -2.92. The normalized spacial score (nSPS) is 15.6. The van der Waals surface area contributed by atoms with Gasteiger partial charge in [0.05, 0.1) is 5.69 Å². The molecular weight excluding hydrogens is 334 g/mol. The van der Waals surface area contributed by atoms with Crippen LogP contribution in [0.1, 0.15) is 18.4 Å². The van der Waals surface area contributed by atoms with Crippen molar-refractivity contribution in [3.8, 4) is 11.3 Å². The summed E-state index contributed by atoms with van der Waals surface area (Å²) in [7, 11) is 0. The van der Waals surface area contributed by atoms with Crippen LogP contribution < -0.4 is 11.1 Å². The molecule has 1 fully saturated rings. The molecule has 3 aromatic rings. The van der Waals surface area contributed by atoms with Gasteiger partial charge in [-0.15, -0.1) is 0 Å². The average Bonchev–Trinajstić information content (AvgIpc) is 2.71. The monoisotopic (exact) mass is 359 g/mol. The minimum atomic E-state index is 0.445.